The number of nitriles is 1. The van der Waals surface area contributed by atoms with Crippen LogP contribution in [0.5, 0.6) is 0 Å². The van der Waals surface area contributed by atoms with E-state index < -0.39 is 0 Å². The number of rotatable bonds is 7. The second-order valence-corrected chi connectivity index (χ2v) is 6.86. The normalized spacial score (nSPS) is 17.0. The largest absolute Gasteiger partial charge is 0.465 e. The van der Waals surface area contributed by atoms with Crippen LogP contribution >= 0.6 is 11.8 Å². The van der Waals surface area contributed by atoms with Crippen molar-refractivity contribution >= 4 is 23.6 Å². The molecule has 0 fully saturated rings. The number of benzene rings is 1. The third kappa shape index (κ3) is 5.10. The number of nitrogens with one attached hydrogen (secondary N) is 1. The van der Waals surface area contributed by atoms with E-state index in [0.717, 1.165) is 35.7 Å². The Morgan fingerprint density at radius 3 is 2.88 bits per heavy atom. The molecule has 1 heterocycles. The standard InChI is InChI=1S/C19H22N2O3S/c1-3-4-9-24-18(23)12-25-19-16(11-20)15(10-17(22)21-19)14-8-6-5-7-13(14)2/h5-8,15H,3-4,9-10,12H2,1-2H3,(H,21,22). The van der Waals surface area contributed by atoms with E-state index in [4.69, 9.17) is 4.74 Å². The Hall–Kier alpha value is -2.26. The Balaban J connectivity index is 2.16. The van der Waals surface area contributed by atoms with Crippen LogP contribution in [-0.2, 0) is 14.3 Å². The summed E-state index contributed by atoms with van der Waals surface area (Å²) >= 11 is 1.15. The summed E-state index contributed by atoms with van der Waals surface area (Å²) < 4.78 is 5.12. The fraction of sp³-hybridized carbons (Fsp3) is 0.421. The van der Waals surface area contributed by atoms with Crippen LogP contribution in [0.25, 0.3) is 0 Å². The van der Waals surface area contributed by atoms with Gasteiger partial charge in [-0.15, -0.1) is 0 Å². The molecule has 0 aliphatic carbocycles. The van der Waals surface area contributed by atoms with E-state index in [2.05, 4.69) is 11.4 Å². The lowest BCUT2D eigenvalue weighted by Crippen LogP contribution is -2.31. The van der Waals surface area contributed by atoms with Gasteiger partial charge in [0.15, 0.2) is 0 Å². The maximum atomic E-state index is 12.1. The molecule has 0 bridgehead atoms. The molecule has 2 rings (SSSR count). The molecule has 0 spiro atoms. The average molecular weight is 358 g/mol. The number of carbonyl (C=O) groups excluding carboxylic acids is 2. The molecule has 6 heteroatoms. The highest BCUT2D eigenvalue weighted by Crippen LogP contribution is 2.37. The number of nitrogens with zero attached hydrogens (tertiary/aromatic N) is 1. The van der Waals surface area contributed by atoms with E-state index in [0.29, 0.717) is 17.2 Å². The van der Waals surface area contributed by atoms with Gasteiger partial charge in [-0.25, -0.2) is 0 Å². The SMILES string of the molecule is CCCCOC(=O)CSC1=C(C#N)C(c2ccccc2C)CC(=O)N1. The molecule has 1 amide bonds. The van der Waals surface area contributed by atoms with Gasteiger partial charge < -0.3 is 10.1 Å². The Labute approximate surface area is 152 Å². The maximum absolute atomic E-state index is 12.1. The third-order valence-corrected chi connectivity index (χ3v) is 5.01. The van der Waals surface area contributed by atoms with Crippen molar-refractivity contribution in [3.05, 3.63) is 46.0 Å². The first kappa shape index (κ1) is 19.1. The first-order chi connectivity index (χ1) is 12.1. The summed E-state index contributed by atoms with van der Waals surface area (Å²) in [7, 11) is 0. The second-order valence-electron chi connectivity index (χ2n) is 5.88. The van der Waals surface area contributed by atoms with Crippen molar-refractivity contribution in [3.63, 3.8) is 0 Å². The zero-order chi connectivity index (χ0) is 18.2. The lowest BCUT2D eigenvalue weighted by molar-refractivity contribution is -0.140. The van der Waals surface area contributed by atoms with Crippen LogP contribution in [0.4, 0.5) is 0 Å². The zero-order valence-corrected chi connectivity index (χ0v) is 15.3. The van der Waals surface area contributed by atoms with Gasteiger partial charge in [0.05, 0.1) is 29.0 Å². The summed E-state index contributed by atoms with van der Waals surface area (Å²) in [5.41, 5.74) is 2.51. The summed E-state index contributed by atoms with van der Waals surface area (Å²) in [6, 6.07) is 9.96. The summed E-state index contributed by atoms with van der Waals surface area (Å²) in [5.74, 6) is -0.687. The molecule has 132 valence electrons. The summed E-state index contributed by atoms with van der Waals surface area (Å²) in [5, 5.41) is 12.8. The molecular formula is C19H22N2O3S. The predicted molar refractivity (Wildman–Crippen MR) is 97.6 cm³/mol. The van der Waals surface area contributed by atoms with Gasteiger partial charge >= 0.3 is 5.97 Å². The lowest BCUT2D eigenvalue weighted by atomic mass is 9.85. The molecule has 0 radical (unpaired) electrons. The number of ether oxygens (including phenoxy) is 1. The van der Waals surface area contributed by atoms with Crippen molar-refractivity contribution in [2.24, 2.45) is 0 Å². The van der Waals surface area contributed by atoms with Gasteiger partial charge in [-0.3, -0.25) is 9.59 Å². The van der Waals surface area contributed by atoms with Gasteiger partial charge in [0.25, 0.3) is 0 Å². The number of hydrogen-bond donors (Lipinski definition) is 1. The average Bonchev–Trinajstić information content (AvgIpc) is 2.60. The van der Waals surface area contributed by atoms with Gasteiger partial charge in [-0.2, -0.15) is 5.26 Å². The van der Waals surface area contributed by atoms with Crippen LogP contribution in [-0.4, -0.2) is 24.2 Å². The van der Waals surface area contributed by atoms with Gasteiger partial charge in [0, 0.05) is 12.3 Å². The van der Waals surface area contributed by atoms with Crippen LogP contribution < -0.4 is 5.32 Å². The maximum Gasteiger partial charge on any atom is 0.316 e. The van der Waals surface area contributed by atoms with Crippen LogP contribution in [0.1, 0.15) is 43.2 Å². The monoisotopic (exact) mass is 358 g/mol. The number of carbonyl (C=O) groups is 2. The zero-order valence-electron chi connectivity index (χ0n) is 14.5. The van der Waals surface area contributed by atoms with Crippen molar-refractivity contribution in [2.75, 3.05) is 12.4 Å². The molecule has 0 saturated carbocycles. The van der Waals surface area contributed by atoms with E-state index in [-0.39, 0.29) is 30.0 Å². The predicted octanol–water partition coefficient (Wildman–Crippen LogP) is 3.41. The van der Waals surface area contributed by atoms with E-state index >= 15 is 0 Å². The second kappa shape index (κ2) is 9.28. The highest BCUT2D eigenvalue weighted by Gasteiger charge is 2.30. The Bertz CT molecular complexity index is 722. The summed E-state index contributed by atoms with van der Waals surface area (Å²) in [6.45, 7) is 4.39. The van der Waals surface area contributed by atoms with Gasteiger partial charge in [-0.1, -0.05) is 49.4 Å². The number of hydrogen-bond acceptors (Lipinski definition) is 5. The Morgan fingerprint density at radius 1 is 1.44 bits per heavy atom. The number of allylic oxidation sites excluding steroid dienone is 1. The molecule has 5 nitrogen and oxygen atoms in total. The molecule has 1 aromatic carbocycles. The smallest absolute Gasteiger partial charge is 0.316 e. The summed E-state index contributed by atoms with van der Waals surface area (Å²) in [4.78, 5) is 23.9. The number of aryl methyl sites for hydroxylation is 1. The van der Waals surface area contributed by atoms with Gasteiger partial charge in [0.1, 0.15) is 0 Å². The molecule has 0 saturated heterocycles. The van der Waals surface area contributed by atoms with Crippen LogP contribution in [0, 0.1) is 18.3 Å². The van der Waals surface area contributed by atoms with Crippen molar-refractivity contribution in [1.82, 2.24) is 5.32 Å². The fourth-order valence-electron chi connectivity index (χ4n) is 2.68. The van der Waals surface area contributed by atoms with Crippen LogP contribution in [0.3, 0.4) is 0 Å². The molecule has 1 atom stereocenters. The Morgan fingerprint density at radius 2 is 2.20 bits per heavy atom. The quantitative estimate of drug-likeness (QED) is 0.597. The number of amides is 1. The highest BCUT2D eigenvalue weighted by atomic mass is 32.2. The molecule has 1 aromatic rings. The first-order valence-electron chi connectivity index (χ1n) is 8.34. The minimum absolute atomic E-state index is 0.0744. The van der Waals surface area contributed by atoms with Crippen LogP contribution in [0.2, 0.25) is 0 Å². The number of unbranched alkanes of at least 4 members (excludes halogenated alkanes) is 1. The van der Waals surface area contributed by atoms with E-state index in [1.54, 1.807) is 0 Å². The molecular weight excluding hydrogens is 336 g/mol. The minimum atomic E-state index is -0.337. The van der Waals surface area contributed by atoms with Crippen molar-refractivity contribution in [3.8, 4) is 6.07 Å². The van der Waals surface area contributed by atoms with E-state index in [9.17, 15) is 14.9 Å². The lowest BCUT2D eigenvalue weighted by Gasteiger charge is -2.26. The molecule has 25 heavy (non-hydrogen) atoms. The molecule has 1 unspecified atom stereocenters. The van der Waals surface area contributed by atoms with Crippen molar-refractivity contribution in [2.45, 2.75) is 39.0 Å². The number of esters is 1. The fourth-order valence-corrected chi connectivity index (χ4v) is 3.55. The summed E-state index contributed by atoms with van der Waals surface area (Å²) in [6.07, 6.45) is 2.02. The highest BCUT2D eigenvalue weighted by molar-refractivity contribution is 8.03. The van der Waals surface area contributed by atoms with E-state index in [1.165, 1.54) is 0 Å². The Kier molecular flexibility index (Phi) is 7.08. The van der Waals surface area contributed by atoms with Crippen molar-refractivity contribution < 1.29 is 14.3 Å². The molecule has 1 aliphatic heterocycles. The third-order valence-electron chi connectivity index (χ3n) is 4.02. The minimum Gasteiger partial charge on any atom is -0.465 e. The van der Waals surface area contributed by atoms with Gasteiger partial charge in [0.2, 0.25) is 5.91 Å². The molecule has 0 aromatic heterocycles. The number of thioether (sulfide) groups is 1. The molecule has 1 aliphatic rings. The van der Waals surface area contributed by atoms with Crippen LogP contribution in [0.15, 0.2) is 34.9 Å². The topological polar surface area (TPSA) is 79.2 Å². The molecule has 1 N–H and O–H groups in total. The van der Waals surface area contributed by atoms with Crippen molar-refractivity contribution in [1.29, 1.82) is 5.26 Å². The van der Waals surface area contributed by atoms with E-state index in [1.807, 2.05) is 38.1 Å². The first-order valence-corrected chi connectivity index (χ1v) is 9.33. The van der Waals surface area contributed by atoms with Gasteiger partial charge in [-0.05, 0) is 24.5 Å².